The van der Waals surface area contributed by atoms with Crippen molar-refractivity contribution in [2.45, 2.75) is 45.6 Å². The van der Waals surface area contributed by atoms with Crippen LogP contribution in [-0.2, 0) is 6.42 Å². The van der Waals surface area contributed by atoms with E-state index in [0.717, 1.165) is 23.3 Å². The van der Waals surface area contributed by atoms with Gasteiger partial charge in [-0.3, -0.25) is 0 Å². The Labute approximate surface area is 106 Å². The summed E-state index contributed by atoms with van der Waals surface area (Å²) in [6, 6.07) is 0.506. The topological polar surface area (TPSA) is 37.8 Å². The van der Waals surface area contributed by atoms with Gasteiger partial charge in [0, 0.05) is 24.9 Å². The highest BCUT2D eigenvalue weighted by atomic mass is 79.9. The molecule has 1 unspecified atom stereocenters. The van der Waals surface area contributed by atoms with Gasteiger partial charge in [-0.15, -0.1) is 0 Å². The summed E-state index contributed by atoms with van der Waals surface area (Å²) < 4.78 is 0.935. The molecule has 0 amide bonds. The molecule has 0 aliphatic carbocycles. The molecule has 0 fully saturated rings. The van der Waals surface area contributed by atoms with Gasteiger partial charge in [0.25, 0.3) is 0 Å². The minimum atomic E-state index is 0.506. The number of nitrogens with zero attached hydrogens (tertiary/aromatic N) is 2. The lowest BCUT2D eigenvalue weighted by molar-refractivity contribution is 0.464. The normalized spacial score (nSPS) is 12.7. The van der Waals surface area contributed by atoms with Crippen molar-refractivity contribution in [3.05, 3.63) is 22.7 Å². The van der Waals surface area contributed by atoms with E-state index in [1.165, 1.54) is 19.3 Å². The lowest BCUT2D eigenvalue weighted by Crippen LogP contribution is -2.32. The van der Waals surface area contributed by atoms with E-state index >= 15 is 0 Å². The van der Waals surface area contributed by atoms with Gasteiger partial charge in [-0.25, -0.2) is 9.97 Å². The van der Waals surface area contributed by atoms with E-state index in [9.17, 15) is 0 Å². The van der Waals surface area contributed by atoms with Crippen LogP contribution in [0.5, 0.6) is 0 Å². The van der Waals surface area contributed by atoms with Crippen LogP contribution >= 0.6 is 15.9 Å². The molecule has 0 aromatic carbocycles. The van der Waals surface area contributed by atoms with Crippen LogP contribution in [0.2, 0.25) is 0 Å². The standard InChI is InChI=1S/C12H20BrN3/c1-3-5-11(14-6-4-2)7-12-15-8-10(13)9-16-12/h8-9,11,14H,3-7H2,1-2H3. The molecule has 1 atom stereocenters. The van der Waals surface area contributed by atoms with E-state index in [2.05, 4.69) is 45.1 Å². The molecular formula is C12H20BrN3. The zero-order valence-electron chi connectivity index (χ0n) is 10.0. The van der Waals surface area contributed by atoms with Crippen LogP contribution in [0.3, 0.4) is 0 Å². The summed E-state index contributed by atoms with van der Waals surface area (Å²) in [7, 11) is 0. The second-order valence-corrected chi connectivity index (χ2v) is 4.88. The number of hydrogen-bond acceptors (Lipinski definition) is 3. The minimum absolute atomic E-state index is 0.506. The van der Waals surface area contributed by atoms with Crippen molar-refractivity contribution in [2.75, 3.05) is 6.54 Å². The third-order valence-electron chi connectivity index (χ3n) is 2.42. The highest BCUT2D eigenvalue weighted by Crippen LogP contribution is 2.07. The van der Waals surface area contributed by atoms with E-state index in [-0.39, 0.29) is 0 Å². The molecule has 1 aromatic heterocycles. The van der Waals surface area contributed by atoms with Crippen LogP contribution < -0.4 is 5.32 Å². The molecule has 1 N–H and O–H groups in total. The third kappa shape index (κ3) is 5.03. The van der Waals surface area contributed by atoms with Gasteiger partial charge in [-0.2, -0.15) is 0 Å². The van der Waals surface area contributed by atoms with Crippen molar-refractivity contribution in [3.8, 4) is 0 Å². The first-order chi connectivity index (χ1) is 7.76. The molecule has 1 heterocycles. The number of hydrogen-bond donors (Lipinski definition) is 1. The summed E-state index contributed by atoms with van der Waals surface area (Å²) in [5.41, 5.74) is 0. The van der Waals surface area contributed by atoms with Crippen molar-refractivity contribution >= 4 is 15.9 Å². The first kappa shape index (κ1) is 13.6. The monoisotopic (exact) mass is 285 g/mol. The molecule has 0 saturated heterocycles. The van der Waals surface area contributed by atoms with Gasteiger partial charge in [0.1, 0.15) is 5.82 Å². The van der Waals surface area contributed by atoms with Crippen LogP contribution in [0.4, 0.5) is 0 Å². The summed E-state index contributed by atoms with van der Waals surface area (Å²) in [6.45, 7) is 5.47. The Bertz CT molecular complexity index is 287. The van der Waals surface area contributed by atoms with Crippen molar-refractivity contribution in [1.82, 2.24) is 15.3 Å². The summed E-state index contributed by atoms with van der Waals surface area (Å²) in [5, 5.41) is 3.54. The highest BCUT2D eigenvalue weighted by Gasteiger charge is 2.09. The lowest BCUT2D eigenvalue weighted by Gasteiger charge is -2.16. The quantitative estimate of drug-likeness (QED) is 0.837. The summed E-state index contributed by atoms with van der Waals surface area (Å²) in [6.07, 6.45) is 8.08. The van der Waals surface area contributed by atoms with Gasteiger partial charge in [0.2, 0.25) is 0 Å². The van der Waals surface area contributed by atoms with Gasteiger partial charge in [0.15, 0.2) is 0 Å². The minimum Gasteiger partial charge on any atom is -0.314 e. The molecule has 3 nitrogen and oxygen atoms in total. The SMILES string of the molecule is CCCNC(CCC)Cc1ncc(Br)cn1. The van der Waals surface area contributed by atoms with Gasteiger partial charge in [0.05, 0.1) is 4.47 Å². The van der Waals surface area contributed by atoms with E-state index in [4.69, 9.17) is 0 Å². The fraction of sp³-hybridized carbons (Fsp3) is 0.667. The Balaban J connectivity index is 2.49. The Morgan fingerprint density at radius 3 is 2.50 bits per heavy atom. The molecule has 0 aliphatic heterocycles. The van der Waals surface area contributed by atoms with Gasteiger partial charge < -0.3 is 5.32 Å². The molecule has 1 aromatic rings. The van der Waals surface area contributed by atoms with E-state index < -0.39 is 0 Å². The van der Waals surface area contributed by atoms with Crippen LogP contribution in [0.25, 0.3) is 0 Å². The van der Waals surface area contributed by atoms with Gasteiger partial charge in [-0.05, 0) is 35.3 Å². The van der Waals surface area contributed by atoms with E-state index in [1.54, 1.807) is 0 Å². The largest absolute Gasteiger partial charge is 0.314 e. The molecule has 0 spiro atoms. The van der Waals surface area contributed by atoms with Gasteiger partial charge >= 0.3 is 0 Å². The smallest absolute Gasteiger partial charge is 0.129 e. The number of nitrogens with one attached hydrogen (secondary N) is 1. The van der Waals surface area contributed by atoms with Gasteiger partial charge in [-0.1, -0.05) is 20.3 Å². The van der Waals surface area contributed by atoms with Crippen LogP contribution in [0, 0.1) is 0 Å². The molecular weight excluding hydrogens is 266 g/mol. The maximum Gasteiger partial charge on any atom is 0.129 e. The summed E-state index contributed by atoms with van der Waals surface area (Å²) in [4.78, 5) is 8.62. The van der Waals surface area contributed by atoms with Crippen molar-refractivity contribution in [2.24, 2.45) is 0 Å². The average Bonchev–Trinajstić information content (AvgIpc) is 2.29. The molecule has 4 heteroatoms. The Morgan fingerprint density at radius 2 is 1.94 bits per heavy atom. The molecule has 1 rings (SSSR count). The second-order valence-electron chi connectivity index (χ2n) is 3.96. The molecule has 16 heavy (non-hydrogen) atoms. The first-order valence-corrected chi connectivity index (χ1v) is 6.75. The molecule has 0 saturated carbocycles. The molecule has 0 radical (unpaired) electrons. The zero-order chi connectivity index (χ0) is 11.8. The molecule has 90 valence electrons. The van der Waals surface area contributed by atoms with E-state index in [1.807, 2.05) is 12.4 Å². The lowest BCUT2D eigenvalue weighted by atomic mass is 10.1. The molecule has 0 aliphatic rings. The zero-order valence-corrected chi connectivity index (χ0v) is 11.6. The number of aromatic nitrogens is 2. The van der Waals surface area contributed by atoms with Crippen LogP contribution in [-0.4, -0.2) is 22.6 Å². The third-order valence-corrected chi connectivity index (χ3v) is 2.83. The summed E-state index contributed by atoms with van der Waals surface area (Å²) in [5.74, 6) is 0.922. The maximum atomic E-state index is 4.31. The maximum absolute atomic E-state index is 4.31. The van der Waals surface area contributed by atoms with Crippen molar-refractivity contribution in [3.63, 3.8) is 0 Å². The second kappa shape index (κ2) is 7.74. The average molecular weight is 286 g/mol. The highest BCUT2D eigenvalue weighted by molar-refractivity contribution is 9.10. The fourth-order valence-corrected chi connectivity index (χ4v) is 1.84. The summed E-state index contributed by atoms with van der Waals surface area (Å²) >= 11 is 3.34. The Hall–Kier alpha value is -0.480. The molecule has 0 bridgehead atoms. The van der Waals surface area contributed by atoms with Crippen molar-refractivity contribution in [1.29, 1.82) is 0 Å². The predicted octanol–water partition coefficient (Wildman–Crippen LogP) is 2.95. The number of halogens is 1. The number of rotatable bonds is 7. The fourth-order valence-electron chi connectivity index (χ4n) is 1.64. The predicted molar refractivity (Wildman–Crippen MR) is 70.4 cm³/mol. The first-order valence-electron chi connectivity index (χ1n) is 5.96. The van der Waals surface area contributed by atoms with Crippen molar-refractivity contribution < 1.29 is 0 Å². The Kier molecular flexibility index (Phi) is 6.57. The van der Waals surface area contributed by atoms with Crippen LogP contribution in [0.1, 0.15) is 38.9 Å². The van der Waals surface area contributed by atoms with Crippen LogP contribution in [0.15, 0.2) is 16.9 Å². The Morgan fingerprint density at radius 1 is 1.25 bits per heavy atom. The van der Waals surface area contributed by atoms with E-state index in [0.29, 0.717) is 6.04 Å².